The monoisotopic (exact) mass is 293 g/mol. The third kappa shape index (κ3) is 4.36. The van der Waals surface area contributed by atoms with Gasteiger partial charge in [-0.05, 0) is 43.0 Å². The zero-order valence-electron chi connectivity index (χ0n) is 11.9. The van der Waals surface area contributed by atoms with E-state index in [0.717, 1.165) is 12.8 Å². The van der Waals surface area contributed by atoms with E-state index in [1.165, 1.54) is 24.3 Å². The lowest BCUT2D eigenvalue weighted by atomic mass is 9.97. The van der Waals surface area contributed by atoms with Gasteiger partial charge in [0.2, 0.25) is 5.91 Å². The first kappa shape index (κ1) is 15.6. The van der Waals surface area contributed by atoms with Gasteiger partial charge in [0.1, 0.15) is 5.82 Å². The van der Waals surface area contributed by atoms with E-state index >= 15 is 0 Å². The van der Waals surface area contributed by atoms with Crippen molar-refractivity contribution in [3.63, 3.8) is 0 Å². The van der Waals surface area contributed by atoms with Crippen LogP contribution in [0.5, 0.6) is 0 Å². The third-order valence-electron chi connectivity index (χ3n) is 3.96. The summed E-state index contributed by atoms with van der Waals surface area (Å²) in [5.74, 6) is -0.264. The summed E-state index contributed by atoms with van der Waals surface area (Å²) in [6.45, 7) is 1.47. The fraction of sp³-hybridized carbons (Fsp3) is 0.500. The van der Waals surface area contributed by atoms with Crippen LogP contribution < -0.4 is 0 Å². The van der Waals surface area contributed by atoms with Crippen LogP contribution in [-0.4, -0.2) is 41.4 Å². The molecule has 0 aliphatic carbocycles. The molecule has 1 aliphatic rings. The lowest BCUT2D eigenvalue weighted by molar-refractivity contribution is -0.132. The molecule has 0 unspecified atom stereocenters. The summed E-state index contributed by atoms with van der Waals surface area (Å²) in [7, 11) is 0. The molecule has 1 saturated heterocycles. The van der Waals surface area contributed by atoms with Crippen LogP contribution in [0.15, 0.2) is 24.3 Å². The number of benzene rings is 1. The van der Waals surface area contributed by atoms with Gasteiger partial charge in [-0.25, -0.2) is 4.39 Å². The van der Waals surface area contributed by atoms with E-state index in [9.17, 15) is 14.0 Å². The zero-order valence-corrected chi connectivity index (χ0v) is 11.9. The molecule has 2 rings (SSSR count). The van der Waals surface area contributed by atoms with Gasteiger partial charge in [-0.2, -0.15) is 0 Å². The van der Waals surface area contributed by atoms with Crippen LogP contribution in [0.4, 0.5) is 4.39 Å². The normalized spacial score (nSPS) is 16.0. The Balaban J connectivity index is 1.78. The molecule has 4 nitrogen and oxygen atoms in total. The lowest BCUT2D eigenvalue weighted by Gasteiger charge is -2.31. The Bertz CT molecular complexity index is 493. The van der Waals surface area contributed by atoms with E-state index in [1.54, 1.807) is 4.90 Å². The molecule has 0 saturated carbocycles. The molecule has 1 fully saturated rings. The molecule has 1 aromatic rings. The minimum atomic E-state index is -0.380. The van der Waals surface area contributed by atoms with Crippen LogP contribution in [0, 0.1) is 11.7 Å². The number of piperidine rings is 1. The highest BCUT2D eigenvalue weighted by molar-refractivity contribution is 5.97. The van der Waals surface area contributed by atoms with Gasteiger partial charge in [0, 0.05) is 38.1 Å². The van der Waals surface area contributed by atoms with E-state index < -0.39 is 0 Å². The van der Waals surface area contributed by atoms with Gasteiger partial charge in [0.25, 0.3) is 0 Å². The number of halogens is 1. The number of hydrogen-bond acceptors (Lipinski definition) is 3. The smallest absolute Gasteiger partial charge is 0.223 e. The highest BCUT2D eigenvalue weighted by Gasteiger charge is 2.22. The minimum Gasteiger partial charge on any atom is -0.396 e. The largest absolute Gasteiger partial charge is 0.396 e. The van der Waals surface area contributed by atoms with Crippen molar-refractivity contribution in [1.29, 1.82) is 0 Å². The van der Waals surface area contributed by atoms with Gasteiger partial charge >= 0.3 is 0 Å². The molecule has 0 spiro atoms. The number of carbonyl (C=O) groups excluding carboxylic acids is 2. The summed E-state index contributed by atoms with van der Waals surface area (Å²) >= 11 is 0. The number of aliphatic hydroxyl groups excluding tert-OH is 1. The van der Waals surface area contributed by atoms with Gasteiger partial charge in [0.05, 0.1) is 0 Å². The van der Waals surface area contributed by atoms with E-state index in [-0.39, 0.29) is 42.9 Å². The predicted molar refractivity (Wildman–Crippen MR) is 76.4 cm³/mol. The van der Waals surface area contributed by atoms with Crippen LogP contribution in [0.3, 0.4) is 0 Å². The van der Waals surface area contributed by atoms with Crippen molar-refractivity contribution in [2.75, 3.05) is 19.7 Å². The van der Waals surface area contributed by atoms with E-state index in [2.05, 4.69) is 0 Å². The molecule has 5 heteroatoms. The summed E-state index contributed by atoms with van der Waals surface area (Å²) in [5.41, 5.74) is 0.434. The molecule has 0 radical (unpaired) electrons. The molecule has 1 N–H and O–H groups in total. The average molecular weight is 293 g/mol. The molecule has 1 heterocycles. The lowest BCUT2D eigenvalue weighted by Crippen LogP contribution is -2.39. The molecular weight excluding hydrogens is 273 g/mol. The van der Waals surface area contributed by atoms with Crippen LogP contribution in [0.2, 0.25) is 0 Å². The Morgan fingerprint density at radius 1 is 1.14 bits per heavy atom. The molecule has 1 aromatic carbocycles. The number of likely N-dealkylation sites (tertiary alicyclic amines) is 1. The number of nitrogens with zero attached hydrogens (tertiary/aromatic N) is 1. The van der Waals surface area contributed by atoms with E-state index in [4.69, 9.17) is 5.11 Å². The highest BCUT2D eigenvalue weighted by atomic mass is 19.1. The molecule has 21 heavy (non-hydrogen) atoms. The van der Waals surface area contributed by atoms with Crippen LogP contribution in [0.25, 0.3) is 0 Å². The van der Waals surface area contributed by atoms with Gasteiger partial charge in [-0.1, -0.05) is 0 Å². The Kier molecular flexibility index (Phi) is 5.44. The van der Waals surface area contributed by atoms with Crippen molar-refractivity contribution in [1.82, 2.24) is 4.90 Å². The Hall–Kier alpha value is -1.75. The fourth-order valence-corrected chi connectivity index (χ4v) is 2.52. The molecule has 1 aliphatic heterocycles. The number of hydrogen-bond donors (Lipinski definition) is 1. The number of rotatable bonds is 5. The quantitative estimate of drug-likeness (QED) is 0.845. The van der Waals surface area contributed by atoms with E-state index in [1.807, 2.05) is 0 Å². The van der Waals surface area contributed by atoms with Crippen LogP contribution >= 0.6 is 0 Å². The predicted octanol–water partition coefficient (Wildman–Crippen LogP) is 2.02. The van der Waals surface area contributed by atoms with Crippen LogP contribution in [-0.2, 0) is 4.79 Å². The summed E-state index contributed by atoms with van der Waals surface area (Å²) < 4.78 is 12.8. The van der Waals surface area contributed by atoms with Crippen molar-refractivity contribution in [2.24, 2.45) is 5.92 Å². The first-order chi connectivity index (χ1) is 10.1. The van der Waals surface area contributed by atoms with Crippen molar-refractivity contribution < 1.29 is 19.1 Å². The fourth-order valence-electron chi connectivity index (χ4n) is 2.52. The maximum atomic E-state index is 12.8. The number of ketones is 1. The minimum absolute atomic E-state index is 0.0261. The maximum Gasteiger partial charge on any atom is 0.223 e. The third-order valence-corrected chi connectivity index (χ3v) is 3.96. The number of carbonyl (C=O) groups is 2. The van der Waals surface area contributed by atoms with Gasteiger partial charge in [-0.15, -0.1) is 0 Å². The number of aliphatic hydroxyl groups is 1. The van der Waals surface area contributed by atoms with Crippen molar-refractivity contribution in [2.45, 2.75) is 25.7 Å². The SMILES string of the molecule is O=C(CCC(=O)N1CCC(CO)CC1)c1ccc(F)cc1. The maximum absolute atomic E-state index is 12.8. The first-order valence-electron chi connectivity index (χ1n) is 7.27. The summed E-state index contributed by atoms with van der Waals surface area (Å²) in [4.78, 5) is 25.7. The van der Waals surface area contributed by atoms with E-state index in [0.29, 0.717) is 18.7 Å². The average Bonchev–Trinajstić information content (AvgIpc) is 2.53. The van der Waals surface area contributed by atoms with Gasteiger partial charge in [-0.3, -0.25) is 9.59 Å². The summed E-state index contributed by atoms with van der Waals surface area (Å²) in [6.07, 6.45) is 1.95. The first-order valence-corrected chi connectivity index (χ1v) is 7.27. The summed E-state index contributed by atoms with van der Waals surface area (Å²) in [6, 6.07) is 5.37. The molecule has 0 bridgehead atoms. The Morgan fingerprint density at radius 2 is 1.76 bits per heavy atom. The molecular formula is C16H20FNO3. The van der Waals surface area contributed by atoms with Crippen LogP contribution in [0.1, 0.15) is 36.0 Å². The standard InChI is InChI=1S/C16H20FNO3/c17-14-3-1-13(2-4-14)15(20)5-6-16(21)18-9-7-12(11-19)8-10-18/h1-4,12,19H,5-11H2. The molecule has 0 atom stereocenters. The van der Waals surface area contributed by atoms with Crippen molar-refractivity contribution in [3.05, 3.63) is 35.6 Å². The van der Waals surface area contributed by atoms with Gasteiger partial charge < -0.3 is 10.0 Å². The molecule has 1 amide bonds. The van der Waals surface area contributed by atoms with Crippen molar-refractivity contribution in [3.8, 4) is 0 Å². The second kappa shape index (κ2) is 7.31. The Morgan fingerprint density at radius 3 is 2.33 bits per heavy atom. The molecule has 114 valence electrons. The topological polar surface area (TPSA) is 57.6 Å². The second-order valence-corrected chi connectivity index (χ2v) is 5.44. The number of Topliss-reactive ketones (excluding diaryl/α,β-unsaturated/α-hetero) is 1. The van der Waals surface area contributed by atoms with Crippen molar-refractivity contribution >= 4 is 11.7 Å². The number of amides is 1. The zero-order chi connectivity index (χ0) is 15.2. The Labute approximate surface area is 123 Å². The second-order valence-electron chi connectivity index (χ2n) is 5.44. The molecule has 0 aromatic heterocycles. The highest BCUT2D eigenvalue weighted by Crippen LogP contribution is 2.17. The summed E-state index contributed by atoms with van der Waals surface area (Å²) in [5, 5.41) is 9.06. The van der Waals surface area contributed by atoms with Gasteiger partial charge in [0.15, 0.2) is 5.78 Å².